The highest BCUT2D eigenvalue weighted by atomic mass is 15.0. The van der Waals surface area contributed by atoms with E-state index in [1.807, 2.05) is 13.8 Å². The molecule has 644 valence electrons. The molecule has 0 aliphatic rings. The second-order valence-electron chi connectivity index (χ2n) is 38.0. The number of nitrogens with zero attached hydrogens (tertiary/aromatic N) is 5. The molecule has 15 rings (SSSR count). The van der Waals surface area contributed by atoms with Gasteiger partial charge in [0.25, 0.3) is 0 Å². The van der Waals surface area contributed by atoms with E-state index < -0.39 is 0 Å². The zero-order valence-corrected chi connectivity index (χ0v) is 81.5. The summed E-state index contributed by atoms with van der Waals surface area (Å²) in [6.45, 7) is 56.8. The minimum Gasteiger partial charge on any atom is -0.198 e. The molecule has 0 saturated carbocycles. The van der Waals surface area contributed by atoms with Crippen LogP contribution in [0, 0.1) is 120 Å². The van der Waals surface area contributed by atoms with Crippen molar-refractivity contribution in [3.63, 3.8) is 0 Å². The molecule has 0 aliphatic heterocycles. The highest BCUT2D eigenvalue weighted by Crippen LogP contribution is 2.38. The summed E-state index contributed by atoms with van der Waals surface area (Å²) in [4.78, 5) is 0. The monoisotopic (exact) mass is 1650 g/mol. The van der Waals surface area contributed by atoms with Gasteiger partial charge in [0.15, 0.2) is 28.5 Å². The number of hydrogen-bond acceptors (Lipinski definition) is 0. The Labute approximate surface area is 755 Å². The van der Waals surface area contributed by atoms with Gasteiger partial charge in [-0.15, -0.1) is 0 Å². The molecular formula is C119H148N5+5. The van der Waals surface area contributed by atoms with Crippen LogP contribution in [0.5, 0.6) is 0 Å². The molecule has 5 heteroatoms. The van der Waals surface area contributed by atoms with Crippen molar-refractivity contribution >= 4 is 53.9 Å². The highest BCUT2D eigenvalue weighted by molar-refractivity contribution is 5.99. The average molecular weight is 1650 g/mol. The van der Waals surface area contributed by atoms with Gasteiger partial charge in [0, 0.05) is 81.5 Å². The largest absolute Gasteiger partial charge is 0.220 e. The molecule has 5 nitrogen and oxygen atoms in total. The van der Waals surface area contributed by atoms with Crippen molar-refractivity contribution in [2.24, 2.45) is 64.8 Å². The van der Waals surface area contributed by atoms with Crippen LogP contribution < -0.4 is 22.8 Å². The number of hydrogen-bond donors (Lipinski definition) is 0. The van der Waals surface area contributed by atoms with E-state index in [0.29, 0.717) is 59.8 Å². The summed E-state index contributed by atoms with van der Waals surface area (Å²) < 4.78 is 54.3. The van der Waals surface area contributed by atoms with Crippen LogP contribution in [0.15, 0.2) is 206 Å². The normalized spacial score (nSPS) is 12.0. The van der Waals surface area contributed by atoms with E-state index in [9.17, 15) is 0 Å². The summed E-state index contributed by atoms with van der Waals surface area (Å²) in [5.74, 6) is 3.08. The van der Waals surface area contributed by atoms with E-state index >= 15 is 0 Å². The van der Waals surface area contributed by atoms with Crippen LogP contribution in [0.25, 0.3) is 110 Å². The average Bonchev–Trinajstić information content (AvgIpc) is 0.747. The van der Waals surface area contributed by atoms with Crippen LogP contribution in [-0.2, 0) is 86.6 Å². The Morgan fingerprint density at radius 1 is 0.242 bits per heavy atom. The van der Waals surface area contributed by atoms with Gasteiger partial charge < -0.3 is 0 Å². The van der Waals surface area contributed by atoms with Crippen LogP contribution >= 0.6 is 0 Å². The molecule has 0 aliphatic carbocycles. The van der Waals surface area contributed by atoms with Crippen molar-refractivity contribution in [2.75, 3.05) is 0 Å². The SMILES string of the molecule is [2H]c1c(C)[n+](C)c(-c2cc(C)cc(C)c2C)c2ccc(CC(C)C)cc12.[2H]c1c(C)[n+](C)c(-c2cc(C)ccc2C)c2ccc(CC(C)C)cc12.[2H]c1c(C)[n+](C)c(-c2cc(CC)cc(CC)c2C)c2ccc(CC(C)C)cc12.[2H]c1c(C)[n+](C)c(-c2cc(CC)ccc2C)c2ccc(CC(C)C)cc12.[2H]c1c(C)[n+](C)c(-c2ccccc2C)c2ccc(CC(C)C)cc12. The summed E-state index contributed by atoms with van der Waals surface area (Å²) in [5, 5.41) is 11.2. The second-order valence-corrected chi connectivity index (χ2v) is 38.0. The lowest BCUT2D eigenvalue weighted by atomic mass is 9.91. The van der Waals surface area contributed by atoms with Gasteiger partial charge in [0.05, 0.1) is 44.9 Å². The smallest absolute Gasteiger partial charge is 0.198 e. The summed E-state index contributed by atoms with van der Waals surface area (Å²) in [6.07, 6.45) is 8.36. The number of pyridine rings is 5. The number of aryl methyl sites for hydroxylation is 9. The molecule has 0 unspecified atom stereocenters. The molecule has 0 N–H and O–H groups in total. The molecule has 10 aromatic carbocycles. The number of benzene rings is 10. The molecular weight excluding hydrogens is 1500 g/mol. The first-order valence-corrected chi connectivity index (χ1v) is 46.0. The maximum absolute atomic E-state index is 8.76. The lowest BCUT2D eigenvalue weighted by molar-refractivity contribution is -0.665. The van der Waals surface area contributed by atoms with Crippen LogP contribution in [-0.4, -0.2) is 0 Å². The van der Waals surface area contributed by atoms with Gasteiger partial charge >= 0.3 is 0 Å². The zero-order valence-electron chi connectivity index (χ0n) is 86.5. The van der Waals surface area contributed by atoms with E-state index in [1.165, 1.54) is 167 Å². The van der Waals surface area contributed by atoms with Crippen molar-refractivity contribution in [1.82, 2.24) is 0 Å². The van der Waals surface area contributed by atoms with Crippen LogP contribution in [0.3, 0.4) is 0 Å². The van der Waals surface area contributed by atoms with Gasteiger partial charge in [-0.25, -0.2) is 0 Å². The van der Waals surface area contributed by atoms with Crippen molar-refractivity contribution in [2.45, 2.75) is 231 Å². The molecule has 0 saturated heterocycles. The Morgan fingerprint density at radius 2 is 0.524 bits per heavy atom. The van der Waals surface area contributed by atoms with Gasteiger partial charge in [-0.2, -0.15) is 22.8 Å². The Hall–Kier alpha value is -10.8. The number of fused-ring (bicyclic) bond motifs is 5. The molecule has 15 aromatic rings. The fourth-order valence-corrected chi connectivity index (χ4v) is 18.2. The molecule has 0 spiro atoms. The highest BCUT2D eigenvalue weighted by Gasteiger charge is 2.28. The van der Waals surface area contributed by atoms with Gasteiger partial charge in [-0.05, 0) is 302 Å². The third-order valence-electron chi connectivity index (χ3n) is 25.4. The van der Waals surface area contributed by atoms with Gasteiger partial charge in [-0.3, -0.25) is 0 Å². The first-order chi connectivity index (χ1) is 61.0. The summed E-state index contributed by atoms with van der Waals surface area (Å²) in [7, 11) is 10.4. The lowest BCUT2D eigenvalue weighted by Crippen LogP contribution is -2.35. The second kappa shape index (κ2) is 40.9. The maximum atomic E-state index is 8.76. The Morgan fingerprint density at radius 3 is 0.855 bits per heavy atom. The predicted octanol–water partition coefficient (Wildman–Crippen LogP) is 28.3. The number of aromatic nitrogens is 5. The summed E-state index contributed by atoms with van der Waals surface area (Å²) >= 11 is 0. The molecule has 0 atom stereocenters. The van der Waals surface area contributed by atoms with E-state index in [0.717, 1.165) is 112 Å². The standard InChI is InChI=1S/C26H34N.2C24H30N.C23H28N.C22H26N/c1-8-20-14-22(9-2)19(6)25(16-20)26-24-11-10-21(12-17(3)4)15-23(24)13-18(5)27(26)7;1-15(2)10-20-8-9-22-21(14-20)13-18(5)25(7)24(22)23-12-16(3)11-17(4)19(23)6;1-7-19-9-8-17(4)23(15-19)24-22-11-10-20(12-16(2)3)14-21(22)13-18(5)25(24)6;1-15(2)11-19-9-10-21-20(14-19)13-18(5)24(6)23(21)22-12-16(3)7-8-17(22)4;1-15(2)12-18-10-11-21-19(14-18)13-17(4)23(5)22(21)20-9-7-6-8-16(20)3/h10-11,13-17H,8-9,12H2,1-7H3;8-9,11-15H,10H2,1-7H3;8-11,13-16H,7,12H2,1-6H3;7-10,12-15H,11H2,1-6H3;6-11,13-15H,12H2,1-5H3/q5*+1/i5*13D. The maximum Gasteiger partial charge on any atom is 0.220 e. The minimum absolute atomic E-state index is 0.614. The fraction of sp³-hybridized carbons (Fsp3) is 0.370. The van der Waals surface area contributed by atoms with Crippen molar-refractivity contribution in [3.8, 4) is 56.3 Å². The topological polar surface area (TPSA) is 19.4 Å². The molecule has 5 aromatic heterocycles. The Bertz CT molecular complexity index is 6730. The van der Waals surface area contributed by atoms with Crippen LogP contribution in [0.4, 0.5) is 0 Å². The summed E-state index contributed by atoms with van der Waals surface area (Å²) in [5.41, 5.74) is 38.6. The van der Waals surface area contributed by atoms with E-state index in [4.69, 9.17) is 6.85 Å². The van der Waals surface area contributed by atoms with Crippen molar-refractivity contribution in [3.05, 3.63) is 324 Å². The minimum atomic E-state index is 0.614. The Balaban J connectivity index is 0.000000156. The third-order valence-corrected chi connectivity index (χ3v) is 25.4. The Kier molecular flexibility index (Phi) is 28.6. The summed E-state index contributed by atoms with van der Waals surface area (Å²) in [6, 6.07) is 67.7. The van der Waals surface area contributed by atoms with Crippen LogP contribution in [0.2, 0.25) is 0 Å². The first-order valence-electron chi connectivity index (χ1n) is 48.5. The number of rotatable bonds is 18. The molecule has 0 fully saturated rings. The van der Waals surface area contributed by atoms with Crippen LogP contribution in [0.1, 0.15) is 214 Å². The van der Waals surface area contributed by atoms with E-state index in [1.54, 1.807) is 0 Å². The molecule has 0 radical (unpaired) electrons. The third kappa shape index (κ3) is 21.8. The predicted molar refractivity (Wildman–Crippen MR) is 535 cm³/mol. The molecule has 124 heavy (non-hydrogen) atoms. The van der Waals surface area contributed by atoms with Gasteiger partial charge in [-0.1, -0.05) is 216 Å². The van der Waals surface area contributed by atoms with Crippen molar-refractivity contribution < 1.29 is 29.7 Å². The van der Waals surface area contributed by atoms with Crippen molar-refractivity contribution in [1.29, 1.82) is 0 Å². The first kappa shape index (κ1) is 86.8. The lowest BCUT2D eigenvalue weighted by Gasteiger charge is -2.15. The molecule has 5 heterocycles. The zero-order chi connectivity index (χ0) is 94.5. The fourth-order valence-electron chi connectivity index (χ4n) is 18.2. The van der Waals surface area contributed by atoms with E-state index in [2.05, 4.69) is 400 Å². The van der Waals surface area contributed by atoms with E-state index in [-0.39, 0.29) is 0 Å². The van der Waals surface area contributed by atoms with Gasteiger partial charge in [0.2, 0.25) is 28.5 Å². The molecule has 0 amide bonds. The van der Waals surface area contributed by atoms with Gasteiger partial charge in [0.1, 0.15) is 35.2 Å². The molecule has 0 bridgehead atoms. The quantitative estimate of drug-likeness (QED) is 0.0763.